The van der Waals surface area contributed by atoms with Crippen molar-refractivity contribution < 1.29 is 4.79 Å². The lowest BCUT2D eigenvalue weighted by atomic mass is 9.49. The van der Waals surface area contributed by atoms with E-state index in [0.29, 0.717) is 18.4 Å². The summed E-state index contributed by atoms with van der Waals surface area (Å²) in [6.07, 6.45) is 16.5. The summed E-state index contributed by atoms with van der Waals surface area (Å²) in [7, 11) is 4.03. The topological polar surface area (TPSA) is 79.7 Å². The van der Waals surface area contributed by atoms with Gasteiger partial charge in [0.2, 0.25) is 5.91 Å². The van der Waals surface area contributed by atoms with E-state index in [2.05, 4.69) is 39.1 Å². The Morgan fingerprint density at radius 2 is 1.40 bits per heavy atom. The van der Waals surface area contributed by atoms with Gasteiger partial charge in [0.1, 0.15) is 0 Å². The smallest absolute Gasteiger partial charge is 0.238 e. The van der Waals surface area contributed by atoms with E-state index in [1.165, 1.54) is 38.5 Å². The molecule has 0 unspecified atom stereocenters. The molecular weight excluding hydrogens is 532 g/mol. The Hall–Kier alpha value is -4.18. The molecule has 218 valence electrons. The molecule has 9 rings (SSSR count). The first-order chi connectivity index (χ1) is 20.8. The molecule has 5 aliphatic rings. The lowest BCUT2D eigenvalue weighted by Gasteiger charge is -2.57. The van der Waals surface area contributed by atoms with Gasteiger partial charge < -0.3 is 14.0 Å². The lowest BCUT2D eigenvalue weighted by Crippen LogP contribution is -2.53. The van der Waals surface area contributed by atoms with Gasteiger partial charge in [-0.25, -0.2) is 9.97 Å². The van der Waals surface area contributed by atoms with Gasteiger partial charge in [-0.05, 0) is 96.6 Å². The molecule has 4 bridgehead atoms. The number of anilines is 1. The van der Waals surface area contributed by atoms with Crippen molar-refractivity contribution in [1.82, 2.24) is 19.1 Å². The number of rotatable bonds is 7. The van der Waals surface area contributed by atoms with Crippen LogP contribution in [0.3, 0.4) is 0 Å². The molecular formula is C36H38N6O. The molecule has 0 saturated heterocycles. The number of carbonyl (C=O) groups is 1. The SMILES string of the molecule is Cn1cncc1CC1(Cc2cncn2C)C(=O)N(CC23CC4CC(CC(C4)C2)C3)c2cc(-c3ccc(C#N)cc3)ccc21. The predicted octanol–water partition coefficient (Wildman–Crippen LogP) is 5.98. The maximum Gasteiger partial charge on any atom is 0.238 e. The van der Waals surface area contributed by atoms with Gasteiger partial charge in [-0.3, -0.25) is 4.79 Å². The van der Waals surface area contributed by atoms with Gasteiger partial charge in [0.05, 0.1) is 29.7 Å². The van der Waals surface area contributed by atoms with E-state index in [1.54, 1.807) is 0 Å². The number of benzene rings is 2. The van der Waals surface area contributed by atoms with Crippen molar-refractivity contribution in [2.45, 2.75) is 56.8 Å². The van der Waals surface area contributed by atoms with Crippen molar-refractivity contribution >= 4 is 11.6 Å². The number of fused-ring (bicyclic) bond motifs is 1. The molecule has 2 aromatic carbocycles. The average molecular weight is 571 g/mol. The second-order valence-electron chi connectivity index (χ2n) is 14.2. The minimum atomic E-state index is -0.761. The van der Waals surface area contributed by atoms with E-state index in [4.69, 9.17) is 0 Å². The first kappa shape index (κ1) is 26.4. The molecule has 0 N–H and O–H groups in total. The van der Waals surface area contributed by atoms with Crippen LogP contribution in [0, 0.1) is 34.5 Å². The number of nitrogens with zero attached hydrogens (tertiary/aromatic N) is 6. The summed E-state index contributed by atoms with van der Waals surface area (Å²) in [5, 5.41) is 9.34. The molecule has 3 heterocycles. The number of imidazole rings is 2. The number of aryl methyl sites for hydroxylation is 2. The van der Waals surface area contributed by atoms with Crippen LogP contribution in [-0.4, -0.2) is 31.6 Å². The number of amides is 1. The number of carbonyl (C=O) groups excluding carboxylic acids is 1. The van der Waals surface area contributed by atoms with E-state index < -0.39 is 5.41 Å². The highest BCUT2D eigenvalue weighted by Crippen LogP contribution is 2.61. The highest BCUT2D eigenvalue weighted by molar-refractivity contribution is 6.09. The second-order valence-corrected chi connectivity index (χ2v) is 14.2. The summed E-state index contributed by atoms with van der Waals surface area (Å²) < 4.78 is 4.09. The Balaban J connectivity index is 1.27. The van der Waals surface area contributed by atoms with Gasteiger partial charge >= 0.3 is 0 Å². The summed E-state index contributed by atoms with van der Waals surface area (Å²) in [6.45, 7) is 0.803. The lowest BCUT2D eigenvalue weighted by molar-refractivity contribution is -0.124. The zero-order valence-electron chi connectivity index (χ0n) is 25.0. The molecule has 4 aromatic rings. The van der Waals surface area contributed by atoms with E-state index in [1.807, 2.05) is 72.5 Å². The van der Waals surface area contributed by atoms with Crippen LogP contribution in [0.4, 0.5) is 5.69 Å². The molecule has 7 heteroatoms. The fraction of sp³-hybridized carbons (Fsp3) is 0.444. The van der Waals surface area contributed by atoms with Gasteiger partial charge in [-0.2, -0.15) is 5.26 Å². The Kier molecular flexibility index (Phi) is 5.95. The molecule has 1 amide bonds. The van der Waals surface area contributed by atoms with E-state index in [0.717, 1.165) is 58.1 Å². The van der Waals surface area contributed by atoms with Crippen LogP contribution >= 0.6 is 0 Å². The van der Waals surface area contributed by atoms with Gasteiger partial charge in [-0.15, -0.1) is 0 Å². The largest absolute Gasteiger partial charge is 0.338 e. The van der Waals surface area contributed by atoms with Crippen molar-refractivity contribution in [3.8, 4) is 17.2 Å². The van der Waals surface area contributed by atoms with Gasteiger partial charge in [0.25, 0.3) is 0 Å². The van der Waals surface area contributed by atoms with Crippen molar-refractivity contribution in [3.63, 3.8) is 0 Å². The van der Waals surface area contributed by atoms with Gasteiger partial charge in [0, 0.05) is 63.0 Å². The van der Waals surface area contributed by atoms with Crippen molar-refractivity contribution in [3.05, 3.63) is 90.0 Å². The standard InChI is InChI=1S/C36H38N6O/c1-40-22-38-19-30(40)16-36(17-31-20-39-23-41(31)2)32-8-7-29(28-5-3-24(18-37)4-6-28)12-33(32)42(34(36)43)21-35-13-25-9-26(14-35)11-27(10-25)15-35/h3-8,12,19-20,22-23,25-27H,9-11,13-17,21H2,1-2H3. The van der Waals surface area contributed by atoms with E-state index in [9.17, 15) is 5.26 Å². The van der Waals surface area contributed by atoms with Crippen molar-refractivity contribution in [1.29, 1.82) is 5.26 Å². The highest BCUT2D eigenvalue weighted by atomic mass is 16.2. The maximum absolute atomic E-state index is 15.2. The zero-order valence-corrected chi connectivity index (χ0v) is 25.0. The molecule has 0 radical (unpaired) electrons. The summed E-state index contributed by atoms with van der Waals surface area (Å²) in [5.41, 5.74) is 6.47. The molecule has 4 aliphatic carbocycles. The van der Waals surface area contributed by atoms with Crippen molar-refractivity contribution in [2.75, 3.05) is 11.4 Å². The Bertz CT molecular complexity index is 1680. The van der Waals surface area contributed by atoms with Gasteiger partial charge in [-0.1, -0.05) is 24.3 Å². The minimum Gasteiger partial charge on any atom is -0.338 e. The van der Waals surface area contributed by atoms with Crippen LogP contribution in [-0.2, 0) is 37.1 Å². The van der Waals surface area contributed by atoms with Crippen LogP contribution in [0.25, 0.3) is 11.1 Å². The number of hydrogen-bond donors (Lipinski definition) is 0. The summed E-state index contributed by atoms with van der Waals surface area (Å²) >= 11 is 0. The quantitative estimate of drug-likeness (QED) is 0.274. The molecule has 7 nitrogen and oxygen atoms in total. The Morgan fingerprint density at radius 3 is 1.91 bits per heavy atom. The molecule has 1 aliphatic heterocycles. The van der Waals surface area contributed by atoms with E-state index in [-0.39, 0.29) is 11.3 Å². The van der Waals surface area contributed by atoms with Gasteiger partial charge in [0.15, 0.2) is 0 Å². The Labute approximate surface area is 253 Å². The third-order valence-corrected chi connectivity index (χ3v) is 11.3. The molecule has 0 atom stereocenters. The summed E-state index contributed by atoms with van der Waals surface area (Å²) in [5.74, 6) is 2.67. The second kappa shape index (κ2) is 9.67. The maximum atomic E-state index is 15.2. The third kappa shape index (κ3) is 4.25. The summed E-state index contributed by atoms with van der Waals surface area (Å²) in [4.78, 5) is 26.3. The molecule has 2 aromatic heterocycles. The molecule has 43 heavy (non-hydrogen) atoms. The predicted molar refractivity (Wildman–Crippen MR) is 165 cm³/mol. The van der Waals surface area contributed by atoms with Crippen LogP contribution in [0.2, 0.25) is 0 Å². The number of nitriles is 1. The van der Waals surface area contributed by atoms with Crippen LogP contribution in [0.15, 0.2) is 67.5 Å². The fourth-order valence-electron chi connectivity index (χ4n) is 9.67. The third-order valence-electron chi connectivity index (χ3n) is 11.3. The fourth-order valence-corrected chi connectivity index (χ4v) is 9.67. The summed E-state index contributed by atoms with van der Waals surface area (Å²) in [6, 6.07) is 16.6. The number of hydrogen-bond acceptors (Lipinski definition) is 4. The monoisotopic (exact) mass is 570 g/mol. The van der Waals surface area contributed by atoms with Crippen LogP contribution in [0.1, 0.15) is 61.0 Å². The molecule has 0 spiro atoms. The minimum absolute atomic E-state index is 0.206. The molecule has 4 saturated carbocycles. The molecule has 4 fully saturated rings. The first-order valence-electron chi connectivity index (χ1n) is 15.7. The normalized spacial score (nSPS) is 26.6. The van der Waals surface area contributed by atoms with Crippen molar-refractivity contribution in [2.24, 2.45) is 37.3 Å². The van der Waals surface area contributed by atoms with Crippen LogP contribution in [0.5, 0.6) is 0 Å². The van der Waals surface area contributed by atoms with E-state index >= 15 is 4.79 Å². The first-order valence-corrected chi connectivity index (χ1v) is 15.7. The average Bonchev–Trinajstić information content (AvgIpc) is 3.65. The zero-order chi connectivity index (χ0) is 29.3. The number of aromatic nitrogens is 4. The Morgan fingerprint density at radius 1 is 0.837 bits per heavy atom. The highest BCUT2D eigenvalue weighted by Gasteiger charge is 2.56. The van der Waals surface area contributed by atoms with Crippen LogP contribution < -0.4 is 4.90 Å².